The fourth-order valence-electron chi connectivity index (χ4n) is 2.75. The van der Waals surface area contributed by atoms with Crippen LogP contribution in [0, 0.1) is 0 Å². The van der Waals surface area contributed by atoms with E-state index in [1.165, 1.54) is 0 Å². The van der Waals surface area contributed by atoms with Crippen LogP contribution in [0.25, 0.3) is 0 Å². The van der Waals surface area contributed by atoms with Gasteiger partial charge in [0.1, 0.15) is 5.60 Å². The van der Waals surface area contributed by atoms with Crippen LogP contribution in [-0.2, 0) is 4.74 Å². The largest absolute Gasteiger partial charge is 0.444 e. The van der Waals surface area contributed by atoms with E-state index >= 15 is 0 Å². The molecule has 0 aliphatic rings. The van der Waals surface area contributed by atoms with Crippen LogP contribution in [0.4, 0.5) is 4.79 Å². The summed E-state index contributed by atoms with van der Waals surface area (Å²) in [6.07, 6.45) is 3.93. The number of alkyl carbamates (subject to hydrolysis) is 1. The van der Waals surface area contributed by atoms with E-state index < -0.39 is 19.9 Å². The second kappa shape index (κ2) is 7.54. The summed E-state index contributed by atoms with van der Waals surface area (Å²) in [5.41, 5.74) is 1.58. The van der Waals surface area contributed by atoms with Gasteiger partial charge in [-0.15, -0.1) is 0 Å². The normalized spacial score (nSPS) is 13.9. The second-order valence-electron chi connectivity index (χ2n) is 9.65. The van der Waals surface area contributed by atoms with Gasteiger partial charge in [-0.05, 0) is 49.2 Å². The van der Waals surface area contributed by atoms with Crippen LogP contribution in [0.2, 0.25) is 18.1 Å². The number of rotatable bonds is 4. The lowest BCUT2D eigenvalue weighted by Crippen LogP contribution is -2.44. The Morgan fingerprint density at radius 2 is 1.59 bits per heavy atom. The molecule has 1 aromatic carbocycles. The highest BCUT2D eigenvalue weighted by atomic mass is 28.3. The summed E-state index contributed by atoms with van der Waals surface area (Å²) in [4.78, 5) is 12.4. The maximum Gasteiger partial charge on any atom is 0.408 e. The highest BCUT2D eigenvalue weighted by Crippen LogP contribution is 2.37. The monoisotopic (exact) mass is 386 g/mol. The van der Waals surface area contributed by atoms with Crippen LogP contribution >= 0.6 is 0 Å². The van der Waals surface area contributed by atoms with Gasteiger partial charge in [-0.2, -0.15) is 0 Å². The Morgan fingerprint density at radius 3 is 2.11 bits per heavy atom. The third-order valence-electron chi connectivity index (χ3n) is 5.32. The van der Waals surface area contributed by atoms with Gasteiger partial charge in [0.05, 0.1) is 6.04 Å². The molecule has 1 amide bonds. The first-order valence-corrected chi connectivity index (χ1v) is 12.5. The van der Waals surface area contributed by atoms with Crippen LogP contribution in [0.5, 0.6) is 0 Å². The SMILES string of the molecule is CC(C)(C)OC(=O)NC(c1ccccc1)c1ccn([Si](C)(C)C(C)(C)C)c1. The first-order chi connectivity index (χ1) is 12.3. The fourth-order valence-corrected chi connectivity index (χ4v) is 4.44. The highest BCUT2D eigenvalue weighted by molar-refractivity contribution is 6.78. The summed E-state index contributed by atoms with van der Waals surface area (Å²) in [7, 11) is -1.71. The molecule has 148 valence electrons. The summed E-state index contributed by atoms with van der Waals surface area (Å²) >= 11 is 0. The summed E-state index contributed by atoms with van der Waals surface area (Å²) in [5, 5.41) is 3.28. The third-order valence-corrected chi connectivity index (χ3v) is 10.6. The molecule has 0 aliphatic carbocycles. The standard InChI is InChI=1S/C22H34N2O2Si/c1-21(2,3)26-20(25)23-19(17-12-10-9-11-13-17)18-14-15-24(16-18)27(7,8)22(4,5)6/h9-16,19H,1-8H3,(H,23,25). The van der Waals surface area contributed by atoms with Gasteiger partial charge in [-0.1, -0.05) is 64.2 Å². The average Bonchev–Trinajstić information content (AvgIpc) is 3.01. The van der Waals surface area contributed by atoms with Crippen LogP contribution in [-0.4, -0.2) is 24.2 Å². The maximum atomic E-state index is 12.4. The molecular formula is C22H34N2O2Si. The number of aromatic nitrogens is 1. The first kappa shape index (κ1) is 21.3. The van der Waals surface area contributed by atoms with Crippen molar-refractivity contribution in [1.82, 2.24) is 9.55 Å². The molecule has 0 saturated heterocycles. The molecule has 2 aromatic rings. The Balaban J connectivity index is 2.37. The predicted molar refractivity (Wildman–Crippen MR) is 115 cm³/mol. The molecule has 0 fully saturated rings. The Hall–Kier alpha value is -2.01. The van der Waals surface area contributed by atoms with Gasteiger partial charge in [0.25, 0.3) is 0 Å². The van der Waals surface area contributed by atoms with Crippen molar-refractivity contribution < 1.29 is 9.53 Å². The van der Waals surface area contributed by atoms with Gasteiger partial charge in [-0.3, -0.25) is 0 Å². The number of hydrogen-bond donors (Lipinski definition) is 1. The van der Waals surface area contributed by atoms with Crippen molar-refractivity contribution in [2.45, 2.75) is 71.3 Å². The molecule has 0 spiro atoms. The molecule has 5 heteroatoms. The minimum absolute atomic E-state index is 0.226. The van der Waals surface area contributed by atoms with Crippen molar-refractivity contribution in [2.75, 3.05) is 0 Å². The number of nitrogens with one attached hydrogen (secondary N) is 1. The van der Waals surface area contributed by atoms with Gasteiger partial charge < -0.3 is 14.3 Å². The van der Waals surface area contributed by atoms with Crippen LogP contribution in [0.3, 0.4) is 0 Å². The number of ether oxygens (including phenoxy) is 1. The van der Waals surface area contributed by atoms with E-state index in [9.17, 15) is 4.79 Å². The molecule has 1 unspecified atom stereocenters. The van der Waals surface area contributed by atoms with Crippen molar-refractivity contribution in [3.63, 3.8) is 0 Å². The van der Waals surface area contributed by atoms with Crippen LogP contribution in [0.1, 0.15) is 58.7 Å². The molecular weight excluding hydrogens is 352 g/mol. The zero-order valence-corrected chi connectivity index (χ0v) is 19.0. The smallest absolute Gasteiger partial charge is 0.408 e. The molecule has 1 atom stereocenters. The van der Waals surface area contributed by atoms with Gasteiger partial charge in [0.2, 0.25) is 0 Å². The van der Waals surface area contributed by atoms with Gasteiger partial charge in [0, 0.05) is 6.20 Å². The predicted octanol–water partition coefficient (Wildman–Crippen LogP) is 5.96. The Bertz CT molecular complexity index is 768. The molecule has 4 nitrogen and oxygen atoms in total. The Labute approximate surface area is 165 Å². The van der Waals surface area contributed by atoms with E-state index in [0.29, 0.717) is 0 Å². The summed E-state index contributed by atoms with van der Waals surface area (Å²) in [5.74, 6) is 0. The first-order valence-electron chi connectivity index (χ1n) is 9.54. The summed E-state index contributed by atoms with van der Waals surface area (Å²) in [6, 6.07) is 11.9. The lowest BCUT2D eigenvalue weighted by molar-refractivity contribution is 0.0512. The Morgan fingerprint density at radius 1 is 1.00 bits per heavy atom. The van der Waals surface area contributed by atoms with E-state index in [4.69, 9.17) is 4.74 Å². The number of hydrogen-bond acceptors (Lipinski definition) is 2. The van der Waals surface area contributed by atoms with Crippen molar-refractivity contribution in [2.24, 2.45) is 0 Å². The molecule has 2 rings (SSSR count). The molecule has 0 radical (unpaired) electrons. The minimum Gasteiger partial charge on any atom is -0.444 e. The maximum absolute atomic E-state index is 12.4. The van der Waals surface area contributed by atoms with Crippen molar-refractivity contribution >= 4 is 14.3 Å². The van der Waals surface area contributed by atoms with Gasteiger partial charge >= 0.3 is 6.09 Å². The molecule has 27 heavy (non-hydrogen) atoms. The summed E-state index contributed by atoms with van der Waals surface area (Å²) < 4.78 is 7.86. The van der Waals surface area contributed by atoms with Crippen molar-refractivity contribution in [3.8, 4) is 0 Å². The van der Waals surface area contributed by atoms with E-state index in [0.717, 1.165) is 11.1 Å². The molecule has 0 saturated carbocycles. The number of carbonyl (C=O) groups is 1. The van der Waals surface area contributed by atoms with Crippen molar-refractivity contribution in [1.29, 1.82) is 0 Å². The van der Waals surface area contributed by atoms with Gasteiger partial charge in [-0.25, -0.2) is 4.79 Å². The van der Waals surface area contributed by atoms with E-state index in [1.54, 1.807) is 0 Å². The van der Waals surface area contributed by atoms with E-state index in [2.05, 4.69) is 61.9 Å². The van der Waals surface area contributed by atoms with Crippen molar-refractivity contribution in [3.05, 3.63) is 59.9 Å². The molecule has 1 aromatic heterocycles. The highest BCUT2D eigenvalue weighted by Gasteiger charge is 2.37. The van der Waals surface area contributed by atoms with Crippen LogP contribution in [0.15, 0.2) is 48.8 Å². The molecule has 0 bridgehead atoms. The van der Waals surface area contributed by atoms with Gasteiger partial charge in [0.15, 0.2) is 8.24 Å². The molecule has 1 heterocycles. The zero-order chi connectivity index (χ0) is 20.5. The number of amides is 1. The number of nitrogens with zero attached hydrogens (tertiary/aromatic N) is 1. The van der Waals surface area contributed by atoms with Crippen LogP contribution < -0.4 is 5.32 Å². The molecule has 1 N–H and O–H groups in total. The lowest BCUT2D eigenvalue weighted by Gasteiger charge is -2.38. The van der Waals surface area contributed by atoms with E-state index in [1.807, 2.05) is 51.1 Å². The minimum atomic E-state index is -1.71. The zero-order valence-electron chi connectivity index (χ0n) is 18.0. The fraction of sp³-hybridized carbons (Fsp3) is 0.500. The van der Waals surface area contributed by atoms with E-state index in [-0.39, 0.29) is 11.1 Å². The number of benzene rings is 1. The third kappa shape index (κ3) is 5.25. The molecule has 0 aliphatic heterocycles. The lowest BCUT2D eigenvalue weighted by atomic mass is 10.0. The summed E-state index contributed by atoms with van der Waals surface area (Å²) in [6.45, 7) is 17.3. The average molecular weight is 387 g/mol. The topological polar surface area (TPSA) is 43.3 Å². The number of carbonyl (C=O) groups excluding carboxylic acids is 1. The Kier molecular flexibility index (Phi) is 5.95. The quantitative estimate of drug-likeness (QED) is 0.659. The second-order valence-corrected chi connectivity index (χ2v) is 14.8.